The first kappa shape index (κ1) is 27.5. The van der Waals surface area contributed by atoms with Gasteiger partial charge in [0.2, 0.25) is 0 Å². The van der Waals surface area contributed by atoms with Crippen LogP contribution >= 0.6 is 0 Å². The number of hydrogen-bond donors (Lipinski definition) is 1. The van der Waals surface area contributed by atoms with E-state index >= 15 is 0 Å². The van der Waals surface area contributed by atoms with Crippen molar-refractivity contribution < 1.29 is 24.2 Å². The van der Waals surface area contributed by atoms with Crippen LogP contribution in [0.5, 0.6) is 11.5 Å². The largest absolute Gasteiger partial charge is 0.507 e. The van der Waals surface area contributed by atoms with Crippen molar-refractivity contribution in [1.29, 1.82) is 0 Å². The predicted octanol–water partition coefficient (Wildman–Crippen LogP) is 5.35. The van der Waals surface area contributed by atoms with Gasteiger partial charge < -0.3 is 24.4 Å². The molecule has 2 atom stereocenters. The van der Waals surface area contributed by atoms with E-state index in [1.807, 2.05) is 73.7 Å². The van der Waals surface area contributed by atoms with Crippen molar-refractivity contribution in [3.63, 3.8) is 0 Å². The lowest BCUT2D eigenvalue weighted by Crippen LogP contribution is -2.38. The Labute approximate surface area is 235 Å². The molecule has 2 aliphatic heterocycles. The molecular formula is C33H36N2O5. The molecule has 3 aromatic rings. The van der Waals surface area contributed by atoms with Gasteiger partial charge in [0, 0.05) is 25.1 Å². The lowest BCUT2D eigenvalue weighted by molar-refractivity contribution is -0.140. The van der Waals surface area contributed by atoms with Crippen LogP contribution in [0.15, 0.2) is 78.4 Å². The molecule has 1 amide bonds. The van der Waals surface area contributed by atoms with E-state index in [1.165, 1.54) is 0 Å². The van der Waals surface area contributed by atoms with Crippen LogP contribution in [0.3, 0.4) is 0 Å². The maximum absolute atomic E-state index is 13.5. The van der Waals surface area contributed by atoms with Gasteiger partial charge in [0.25, 0.3) is 11.7 Å². The highest BCUT2D eigenvalue weighted by atomic mass is 16.5. The molecule has 0 saturated carbocycles. The van der Waals surface area contributed by atoms with E-state index in [9.17, 15) is 14.7 Å². The van der Waals surface area contributed by atoms with Crippen LogP contribution in [0.1, 0.15) is 49.1 Å². The molecule has 7 nitrogen and oxygen atoms in total. The number of Topliss-reactive ketones (excluding diaryl/α,β-unsaturated/α-hetero) is 1. The van der Waals surface area contributed by atoms with Gasteiger partial charge in [0.1, 0.15) is 30.0 Å². The summed E-state index contributed by atoms with van der Waals surface area (Å²) in [5.41, 5.74) is 3.31. The smallest absolute Gasteiger partial charge is 0.295 e. The number of aliphatic hydroxyl groups is 1. The molecule has 7 heteroatoms. The summed E-state index contributed by atoms with van der Waals surface area (Å²) >= 11 is 0. The molecular weight excluding hydrogens is 504 g/mol. The molecule has 0 aromatic heterocycles. The monoisotopic (exact) mass is 540 g/mol. The van der Waals surface area contributed by atoms with E-state index in [-0.39, 0.29) is 17.4 Å². The molecule has 3 aromatic carbocycles. The molecule has 0 bridgehead atoms. The SMILES string of the molecule is CCN(CC)CCN1C(=O)C(=O)C(=C(O)c2ccc3c(c2)C[C@@H](C)O3)[C@H]1c1cccc(OCc2ccccc2)c1. The van der Waals surface area contributed by atoms with Crippen molar-refractivity contribution in [2.45, 2.75) is 45.9 Å². The third-order valence-electron chi connectivity index (χ3n) is 7.68. The van der Waals surface area contributed by atoms with Crippen molar-refractivity contribution in [3.05, 3.63) is 101 Å². The lowest BCUT2D eigenvalue weighted by Gasteiger charge is -2.28. The second-order valence-corrected chi connectivity index (χ2v) is 10.3. The third-order valence-corrected chi connectivity index (χ3v) is 7.68. The summed E-state index contributed by atoms with van der Waals surface area (Å²) in [5, 5.41) is 11.5. The van der Waals surface area contributed by atoms with Crippen molar-refractivity contribution in [2.24, 2.45) is 0 Å². The zero-order chi connectivity index (χ0) is 28.2. The lowest BCUT2D eigenvalue weighted by atomic mass is 9.94. The quantitative estimate of drug-likeness (QED) is 0.212. The van der Waals surface area contributed by atoms with Crippen LogP contribution in [-0.2, 0) is 22.6 Å². The Morgan fingerprint density at radius 2 is 1.80 bits per heavy atom. The van der Waals surface area contributed by atoms with Gasteiger partial charge in [0.05, 0.1) is 11.6 Å². The maximum Gasteiger partial charge on any atom is 0.295 e. The predicted molar refractivity (Wildman–Crippen MR) is 154 cm³/mol. The molecule has 1 N–H and O–H groups in total. The van der Waals surface area contributed by atoms with E-state index in [2.05, 4.69) is 18.7 Å². The number of benzene rings is 3. The van der Waals surface area contributed by atoms with Crippen molar-refractivity contribution >= 4 is 17.4 Å². The summed E-state index contributed by atoms with van der Waals surface area (Å²) in [6.07, 6.45) is 0.774. The maximum atomic E-state index is 13.5. The molecule has 0 radical (unpaired) electrons. The Bertz CT molecular complexity index is 1410. The third kappa shape index (κ3) is 5.61. The molecule has 1 fully saturated rings. The summed E-state index contributed by atoms with van der Waals surface area (Å²) in [7, 11) is 0. The molecule has 208 valence electrons. The number of ketones is 1. The van der Waals surface area contributed by atoms with E-state index < -0.39 is 17.7 Å². The fourth-order valence-electron chi connectivity index (χ4n) is 5.49. The van der Waals surface area contributed by atoms with Gasteiger partial charge in [-0.15, -0.1) is 0 Å². The highest BCUT2D eigenvalue weighted by molar-refractivity contribution is 6.46. The number of likely N-dealkylation sites (N-methyl/N-ethyl adjacent to an activating group) is 1. The summed E-state index contributed by atoms with van der Waals surface area (Å²) < 4.78 is 11.9. The minimum absolute atomic E-state index is 0.0525. The molecule has 5 rings (SSSR count). The normalized spacial score (nSPS) is 19.6. The van der Waals surface area contributed by atoms with Gasteiger partial charge in [-0.1, -0.05) is 56.3 Å². The first-order chi connectivity index (χ1) is 19.4. The number of nitrogens with zero attached hydrogens (tertiary/aromatic N) is 2. The Kier molecular flexibility index (Phi) is 8.21. The first-order valence-corrected chi connectivity index (χ1v) is 14.0. The van der Waals surface area contributed by atoms with Crippen molar-refractivity contribution in [1.82, 2.24) is 9.80 Å². The first-order valence-electron chi connectivity index (χ1n) is 14.0. The molecule has 0 spiro atoms. The van der Waals surface area contributed by atoms with Gasteiger partial charge in [-0.05, 0) is 67.0 Å². The van der Waals surface area contributed by atoms with E-state index in [0.29, 0.717) is 36.6 Å². The molecule has 2 aliphatic rings. The van der Waals surface area contributed by atoms with Crippen LogP contribution in [0.2, 0.25) is 0 Å². The zero-order valence-corrected chi connectivity index (χ0v) is 23.3. The summed E-state index contributed by atoms with van der Waals surface area (Å²) in [6, 6.07) is 22.0. The average Bonchev–Trinajstić information content (AvgIpc) is 3.47. The highest BCUT2D eigenvalue weighted by Crippen LogP contribution is 2.41. The van der Waals surface area contributed by atoms with E-state index in [1.54, 1.807) is 11.0 Å². The van der Waals surface area contributed by atoms with Gasteiger partial charge in [-0.25, -0.2) is 0 Å². The van der Waals surface area contributed by atoms with Crippen LogP contribution < -0.4 is 9.47 Å². The zero-order valence-electron chi connectivity index (χ0n) is 23.3. The Morgan fingerprint density at radius 1 is 1.02 bits per heavy atom. The fraction of sp³-hybridized carbons (Fsp3) is 0.333. The second kappa shape index (κ2) is 12.0. The highest BCUT2D eigenvalue weighted by Gasteiger charge is 2.46. The van der Waals surface area contributed by atoms with Crippen LogP contribution in [0.25, 0.3) is 5.76 Å². The Balaban J connectivity index is 1.53. The van der Waals surface area contributed by atoms with Gasteiger partial charge in [-0.3, -0.25) is 9.59 Å². The number of carbonyl (C=O) groups excluding carboxylic acids is 2. The molecule has 2 heterocycles. The second-order valence-electron chi connectivity index (χ2n) is 10.3. The standard InChI is InChI=1S/C33H36N2O5/c1-4-34(5-2)16-17-35-30(24-12-9-13-27(20-24)39-21-23-10-7-6-8-11-23)29(32(37)33(35)38)31(36)25-14-15-28-26(19-25)18-22(3)40-28/h6-15,19-20,22,30,36H,4-5,16-18,21H2,1-3H3/t22-,30-/m1/s1. The minimum atomic E-state index is -0.737. The number of carbonyl (C=O) groups is 2. The number of likely N-dealkylation sites (tertiary alicyclic amines) is 1. The van der Waals surface area contributed by atoms with Crippen LogP contribution in [0.4, 0.5) is 0 Å². The van der Waals surface area contributed by atoms with Crippen LogP contribution in [0, 0.1) is 0 Å². The van der Waals surface area contributed by atoms with E-state index in [0.717, 1.165) is 36.4 Å². The van der Waals surface area contributed by atoms with Gasteiger partial charge in [-0.2, -0.15) is 0 Å². The number of ether oxygens (including phenoxy) is 2. The number of fused-ring (bicyclic) bond motifs is 1. The van der Waals surface area contributed by atoms with Gasteiger partial charge >= 0.3 is 0 Å². The summed E-state index contributed by atoms with van der Waals surface area (Å²) in [4.78, 5) is 30.7. The number of rotatable bonds is 10. The van der Waals surface area contributed by atoms with E-state index in [4.69, 9.17) is 9.47 Å². The topological polar surface area (TPSA) is 79.3 Å². The van der Waals surface area contributed by atoms with Crippen LogP contribution in [-0.4, -0.2) is 58.9 Å². The summed E-state index contributed by atoms with van der Waals surface area (Å²) in [5.74, 6) is -0.0512. The minimum Gasteiger partial charge on any atom is -0.507 e. The molecule has 1 saturated heterocycles. The van der Waals surface area contributed by atoms with Gasteiger partial charge in [0.15, 0.2) is 0 Å². The fourth-order valence-corrected chi connectivity index (χ4v) is 5.49. The van der Waals surface area contributed by atoms with Crippen molar-refractivity contribution in [2.75, 3.05) is 26.2 Å². The molecule has 0 aliphatic carbocycles. The number of hydrogen-bond acceptors (Lipinski definition) is 6. The molecule has 0 unspecified atom stereocenters. The summed E-state index contributed by atoms with van der Waals surface area (Å²) in [6.45, 7) is 9.18. The Morgan fingerprint density at radius 3 is 2.55 bits per heavy atom. The number of aliphatic hydroxyl groups excluding tert-OH is 1. The number of amides is 1. The van der Waals surface area contributed by atoms with Crippen molar-refractivity contribution in [3.8, 4) is 11.5 Å². The Hall–Kier alpha value is -4.10. The molecule has 40 heavy (non-hydrogen) atoms. The average molecular weight is 541 g/mol.